The molecule has 6 heteroatoms. The summed E-state index contributed by atoms with van der Waals surface area (Å²) >= 11 is 0. The van der Waals surface area contributed by atoms with Crippen LogP contribution in [0.3, 0.4) is 0 Å². The van der Waals surface area contributed by atoms with E-state index in [9.17, 15) is 9.59 Å². The van der Waals surface area contributed by atoms with Crippen LogP contribution in [0.2, 0.25) is 0 Å². The van der Waals surface area contributed by atoms with E-state index >= 15 is 0 Å². The predicted octanol–water partition coefficient (Wildman–Crippen LogP) is 1.00. The van der Waals surface area contributed by atoms with E-state index in [1.54, 1.807) is 7.11 Å². The standard InChI is InChI=1S/C14H21N3O3/c1-9(2)12(17-14(15)19)13(18)16-8-10-6-4-5-7-11(10)20-3/h4-7,9,12H,8H2,1-3H3,(H,16,18)(H3,15,17,19). The SMILES string of the molecule is COc1ccccc1CNC(=O)C(NC(N)=O)C(C)C. The largest absolute Gasteiger partial charge is 0.496 e. The maximum Gasteiger partial charge on any atom is 0.312 e. The summed E-state index contributed by atoms with van der Waals surface area (Å²) in [6.07, 6.45) is 0. The third kappa shape index (κ3) is 4.46. The lowest BCUT2D eigenvalue weighted by molar-refractivity contribution is -0.124. The molecule has 3 amide bonds. The summed E-state index contributed by atoms with van der Waals surface area (Å²) < 4.78 is 5.21. The second-order valence-corrected chi connectivity index (χ2v) is 4.76. The van der Waals surface area contributed by atoms with E-state index < -0.39 is 12.1 Å². The van der Waals surface area contributed by atoms with Crippen molar-refractivity contribution >= 4 is 11.9 Å². The number of primary amides is 1. The van der Waals surface area contributed by atoms with Gasteiger partial charge in [-0.1, -0.05) is 32.0 Å². The molecule has 1 rings (SSSR count). The number of hydrogen-bond donors (Lipinski definition) is 3. The van der Waals surface area contributed by atoms with E-state index in [1.165, 1.54) is 0 Å². The smallest absolute Gasteiger partial charge is 0.312 e. The van der Waals surface area contributed by atoms with Crippen molar-refractivity contribution in [2.75, 3.05) is 7.11 Å². The number of para-hydroxylation sites is 1. The van der Waals surface area contributed by atoms with E-state index in [4.69, 9.17) is 10.5 Å². The molecule has 20 heavy (non-hydrogen) atoms. The zero-order valence-corrected chi connectivity index (χ0v) is 12.0. The Bertz CT molecular complexity index is 474. The number of nitrogens with one attached hydrogen (secondary N) is 2. The highest BCUT2D eigenvalue weighted by Crippen LogP contribution is 2.16. The normalized spacial score (nSPS) is 11.8. The number of benzene rings is 1. The van der Waals surface area contributed by atoms with E-state index in [0.717, 1.165) is 5.56 Å². The van der Waals surface area contributed by atoms with Gasteiger partial charge >= 0.3 is 6.03 Å². The average molecular weight is 279 g/mol. The first-order chi connectivity index (χ1) is 9.45. The van der Waals surface area contributed by atoms with Gasteiger partial charge in [-0.3, -0.25) is 4.79 Å². The third-order valence-corrected chi connectivity index (χ3v) is 2.89. The summed E-state index contributed by atoms with van der Waals surface area (Å²) in [6.45, 7) is 4.00. The molecule has 1 aromatic rings. The van der Waals surface area contributed by atoms with Crippen molar-refractivity contribution < 1.29 is 14.3 Å². The zero-order chi connectivity index (χ0) is 15.1. The number of methoxy groups -OCH3 is 1. The Hall–Kier alpha value is -2.24. The minimum Gasteiger partial charge on any atom is -0.496 e. The van der Waals surface area contributed by atoms with Crippen LogP contribution in [0.4, 0.5) is 4.79 Å². The predicted molar refractivity (Wildman–Crippen MR) is 76.2 cm³/mol. The lowest BCUT2D eigenvalue weighted by Crippen LogP contribution is -2.51. The minimum atomic E-state index is -0.712. The van der Waals surface area contributed by atoms with Gasteiger partial charge < -0.3 is 21.1 Å². The number of hydrogen-bond acceptors (Lipinski definition) is 3. The Morgan fingerprint density at radius 3 is 2.50 bits per heavy atom. The van der Waals surface area contributed by atoms with Crippen molar-refractivity contribution in [1.29, 1.82) is 0 Å². The van der Waals surface area contributed by atoms with Gasteiger partial charge in [-0.15, -0.1) is 0 Å². The van der Waals surface area contributed by atoms with Crippen LogP contribution in [0.15, 0.2) is 24.3 Å². The molecule has 1 aromatic carbocycles. The number of nitrogens with two attached hydrogens (primary N) is 1. The molecule has 0 fully saturated rings. The summed E-state index contributed by atoms with van der Waals surface area (Å²) in [7, 11) is 1.58. The van der Waals surface area contributed by atoms with Gasteiger partial charge in [0.25, 0.3) is 0 Å². The Labute approximate surface area is 118 Å². The molecule has 0 bridgehead atoms. The van der Waals surface area contributed by atoms with Crippen LogP contribution in [-0.2, 0) is 11.3 Å². The highest BCUT2D eigenvalue weighted by molar-refractivity contribution is 5.86. The number of amides is 3. The number of carbonyl (C=O) groups is 2. The first kappa shape index (κ1) is 15.8. The Balaban J connectivity index is 2.67. The molecule has 0 saturated carbocycles. The molecule has 0 aliphatic rings. The van der Waals surface area contributed by atoms with E-state index in [0.29, 0.717) is 12.3 Å². The Morgan fingerprint density at radius 2 is 1.95 bits per heavy atom. The van der Waals surface area contributed by atoms with Gasteiger partial charge in [-0.25, -0.2) is 4.79 Å². The fourth-order valence-electron chi connectivity index (χ4n) is 1.83. The molecule has 0 aliphatic carbocycles. The van der Waals surface area contributed by atoms with Crippen LogP contribution in [0, 0.1) is 5.92 Å². The van der Waals surface area contributed by atoms with E-state index in [2.05, 4.69) is 10.6 Å². The molecule has 110 valence electrons. The van der Waals surface area contributed by atoms with Crippen molar-refractivity contribution in [3.05, 3.63) is 29.8 Å². The molecule has 0 heterocycles. The van der Waals surface area contributed by atoms with Crippen LogP contribution < -0.4 is 21.1 Å². The van der Waals surface area contributed by atoms with Gasteiger partial charge in [0.15, 0.2) is 0 Å². The molecule has 0 aliphatic heterocycles. The van der Waals surface area contributed by atoms with Gasteiger partial charge in [0.1, 0.15) is 11.8 Å². The maximum atomic E-state index is 12.1. The molecule has 0 saturated heterocycles. The fraction of sp³-hybridized carbons (Fsp3) is 0.429. The fourth-order valence-corrected chi connectivity index (χ4v) is 1.83. The topological polar surface area (TPSA) is 93.4 Å². The van der Waals surface area contributed by atoms with Gasteiger partial charge in [0.2, 0.25) is 5.91 Å². The van der Waals surface area contributed by atoms with E-state index in [-0.39, 0.29) is 11.8 Å². The van der Waals surface area contributed by atoms with Crippen molar-refractivity contribution in [1.82, 2.24) is 10.6 Å². The number of carbonyl (C=O) groups excluding carboxylic acids is 2. The van der Waals surface area contributed by atoms with Gasteiger partial charge in [-0.2, -0.15) is 0 Å². The number of rotatable bonds is 6. The first-order valence-electron chi connectivity index (χ1n) is 6.41. The second-order valence-electron chi connectivity index (χ2n) is 4.76. The summed E-state index contributed by atoms with van der Waals surface area (Å²) in [4.78, 5) is 23.0. The van der Waals surface area contributed by atoms with Gasteiger partial charge in [0, 0.05) is 12.1 Å². The number of ether oxygens (including phenoxy) is 1. The highest BCUT2D eigenvalue weighted by atomic mass is 16.5. The van der Waals surface area contributed by atoms with Crippen molar-refractivity contribution in [3.8, 4) is 5.75 Å². The molecular formula is C14H21N3O3. The lowest BCUT2D eigenvalue weighted by Gasteiger charge is -2.20. The third-order valence-electron chi connectivity index (χ3n) is 2.89. The second kappa shape index (κ2) is 7.37. The summed E-state index contributed by atoms with van der Waals surface area (Å²) in [5.74, 6) is 0.377. The van der Waals surface area contributed by atoms with Gasteiger partial charge in [0.05, 0.1) is 7.11 Å². The highest BCUT2D eigenvalue weighted by Gasteiger charge is 2.23. The van der Waals surface area contributed by atoms with Crippen LogP contribution in [-0.4, -0.2) is 25.1 Å². The molecule has 0 spiro atoms. The van der Waals surface area contributed by atoms with Crippen molar-refractivity contribution in [2.45, 2.75) is 26.4 Å². The molecule has 4 N–H and O–H groups in total. The van der Waals surface area contributed by atoms with Crippen LogP contribution in [0.5, 0.6) is 5.75 Å². The maximum absolute atomic E-state index is 12.1. The molecule has 1 atom stereocenters. The summed E-state index contributed by atoms with van der Waals surface area (Å²) in [5, 5.41) is 5.21. The Kier molecular flexibility index (Phi) is 5.83. The van der Waals surface area contributed by atoms with Crippen molar-refractivity contribution in [2.24, 2.45) is 11.7 Å². The summed E-state index contributed by atoms with van der Waals surface area (Å²) in [5.41, 5.74) is 5.94. The quantitative estimate of drug-likeness (QED) is 0.725. The van der Waals surface area contributed by atoms with Crippen LogP contribution in [0.1, 0.15) is 19.4 Å². The molecule has 0 aromatic heterocycles. The summed E-state index contributed by atoms with van der Waals surface area (Å²) in [6, 6.07) is 6.05. The van der Waals surface area contributed by atoms with Crippen LogP contribution in [0.25, 0.3) is 0 Å². The zero-order valence-electron chi connectivity index (χ0n) is 12.0. The van der Waals surface area contributed by atoms with Crippen LogP contribution >= 0.6 is 0 Å². The van der Waals surface area contributed by atoms with Crippen molar-refractivity contribution in [3.63, 3.8) is 0 Å². The molecule has 0 radical (unpaired) electrons. The minimum absolute atomic E-state index is 0.0554. The molecule has 6 nitrogen and oxygen atoms in total. The van der Waals surface area contributed by atoms with E-state index in [1.807, 2.05) is 38.1 Å². The van der Waals surface area contributed by atoms with Gasteiger partial charge in [-0.05, 0) is 12.0 Å². The molecule has 1 unspecified atom stereocenters. The Morgan fingerprint density at radius 1 is 1.30 bits per heavy atom. The first-order valence-corrected chi connectivity index (χ1v) is 6.41. The average Bonchev–Trinajstić information content (AvgIpc) is 2.42. The lowest BCUT2D eigenvalue weighted by atomic mass is 10.0. The molecular weight excluding hydrogens is 258 g/mol. The number of urea groups is 1. The monoisotopic (exact) mass is 279 g/mol.